The molecule has 0 bridgehead atoms. The van der Waals surface area contributed by atoms with Crippen LogP contribution in [0.15, 0.2) is 77.8 Å². The molecule has 6 heteroatoms. The number of carbonyl (C=O) groups excluding carboxylic acids is 1. The first kappa shape index (κ1) is 19.9. The van der Waals surface area contributed by atoms with Crippen molar-refractivity contribution in [3.05, 3.63) is 78.4 Å². The van der Waals surface area contributed by atoms with E-state index >= 15 is 0 Å². The van der Waals surface area contributed by atoms with Crippen LogP contribution in [0, 0.1) is 6.92 Å². The minimum Gasteiger partial charge on any atom is -0.497 e. The fourth-order valence-corrected chi connectivity index (χ4v) is 3.91. The van der Waals surface area contributed by atoms with Gasteiger partial charge in [0.25, 0.3) is 0 Å². The summed E-state index contributed by atoms with van der Waals surface area (Å²) in [5, 5.41) is 4.66. The molecule has 0 aliphatic heterocycles. The number of para-hydroxylation sites is 1. The van der Waals surface area contributed by atoms with Gasteiger partial charge in [-0.2, -0.15) is 0 Å². The number of nitrogens with one attached hydrogen (secondary N) is 1. The van der Waals surface area contributed by atoms with Crippen molar-refractivity contribution in [3.63, 3.8) is 0 Å². The quantitative estimate of drug-likeness (QED) is 0.340. The summed E-state index contributed by atoms with van der Waals surface area (Å²) in [5.41, 5.74) is 3.67. The highest BCUT2D eigenvalue weighted by Gasteiger charge is 2.13. The molecule has 4 rings (SSSR count). The van der Waals surface area contributed by atoms with Gasteiger partial charge in [-0.25, -0.2) is 9.97 Å². The van der Waals surface area contributed by atoms with Crippen LogP contribution in [-0.2, 0) is 4.79 Å². The van der Waals surface area contributed by atoms with Gasteiger partial charge in [0.1, 0.15) is 10.8 Å². The predicted octanol–water partition coefficient (Wildman–Crippen LogP) is 5.34. The summed E-state index contributed by atoms with van der Waals surface area (Å²) in [4.78, 5) is 22.0. The first-order valence-corrected chi connectivity index (χ1v) is 10.5. The number of amides is 1. The normalized spacial score (nSPS) is 10.7. The molecule has 1 N–H and O–H groups in total. The third kappa shape index (κ3) is 4.44. The lowest BCUT2D eigenvalue weighted by atomic mass is 10.1. The van der Waals surface area contributed by atoms with E-state index in [9.17, 15) is 4.79 Å². The number of thioether (sulfide) groups is 1. The Labute approximate surface area is 179 Å². The Morgan fingerprint density at radius 1 is 0.967 bits per heavy atom. The number of carbonyl (C=O) groups is 1. The molecule has 0 saturated heterocycles. The number of benzene rings is 3. The van der Waals surface area contributed by atoms with E-state index in [1.54, 1.807) is 7.11 Å². The fraction of sp³-hybridized carbons (Fsp3) is 0.125. The maximum atomic E-state index is 12.5. The lowest BCUT2D eigenvalue weighted by Gasteiger charge is -2.11. The highest BCUT2D eigenvalue weighted by molar-refractivity contribution is 8.00. The van der Waals surface area contributed by atoms with Crippen molar-refractivity contribution in [1.29, 1.82) is 0 Å². The van der Waals surface area contributed by atoms with Crippen molar-refractivity contribution < 1.29 is 9.53 Å². The number of anilines is 1. The molecule has 1 heterocycles. The molecule has 0 aliphatic rings. The molecule has 4 aromatic rings. The lowest BCUT2D eigenvalue weighted by molar-refractivity contribution is -0.113. The maximum absolute atomic E-state index is 12.5. The van der Waals surface area contributed by atoms with Crippen molar-refractivity contribution in [1.82, 2.24) is 9.97 Å². The first-order valence-electron chi connectivity index (χ1n) is 9.53. The summed E-state index contributed by atoms with van der Waals surface area (Å²) in [6.45, 7) is 2.04. The maximum Gasteiger partial charge on any atom is 0.234 e. The van der Waals surface area contributed by atoms with Crippen LogP contribution in [0.3, 0.4) is 0 Å². The topological polar surface area (TPSA) is 64.1 Å². The molecule has 1 aromatic heterocycles. The van der Waals surface area contributed by atoms with Gasteiger partial charge in [-0.05, 0) is 36.8 Å². The number of methoxy groups -OCH3 is 1. The van der Waals surface area contributed by atoms with Gasteiger partial charge in [-0.1, -0.05) is 60.3 Å². The Kier molecular flexibility index (Phi) is 5.95. The average Bonchev–Trinajstić information content (AvgIpc) is 2.79. The largest absolute Gasteiger partial charge is 0.497 e. The minimum absolute atomic E-state index is 0.0918. The van der Waals surface area contributed by atoms with Gasteiger partial charge >= 0.3 is 0 Å². The minimum atomic E-state index is -0.0918. The van der Waals surface area contributed by atoms with Crippen molar-refractivity contribution >= 4 is 34.3 Å². The molecule has 1 amide bonds. The Hall–Kier alpha value is -3.38. The Morgan fingerprint density at radius 3 is 2.47 bits per heavy atom. The number of aryl methyl sites for hydroxylation is 1. The Balaban J connectivity index is 1.58. The lowest BCUT2D eigenvalue weighted by Crippen LogP contribution is -2.14. The number of rotatable bonds is 6. The smallest absolute Gasteiger partial charge is 0.234 e. The van der Waals surface area contributed by atoms with Crippen molar-refractivity contribution in [2.45, 2.75) is 11.9 Å². The SMILES string of the molecule is COc1ccc(NC(=O)CSc2nc(-c3ccccc3)nc3c(C)cccc23)cc1. The molecule has 0 unspecified atom stereocenters. The summed E-state index contributed by atoms with van der Waals surface area (Å²) >= 11 is 1.41. The molecule has 0 atom stereocenters. The Morgan fingerprint density at radius 2 is 1.73 bits per heavy atom. The van der Waals surface area contributed by atoms with E-state index in [-0.39, 0.29) is 11.7 Å². The van der Waals surface area contributed by atoms with Crippen LogP contribution in [0.2, 0.25) is 0 Å². The van der Waals surface area contributed by atoms with Crippen LogP contribution in [0.5, 0.6) is 5.75 Å². The molecule has 0 aliphatic carbocycles. The molecule has 0 fully saturated rings. The van der Waals surface area contributed by atoms with E-state index in [0.717, 1.165) is 38.5 Å². The van der Waals surface area contributed by atoms with Crippen LogP contribution in [0.4, 0.5) is 5.69 Å². The zero-order chi connectivity index (χ0) is 20.9. The van der Waals surface area contributed by atoms with Crippen LogP contribution in [-0.4, -0.2) is 28.7 Å². The number of hydrogen-bond donors (Lipinski definition) is 1. The number of fused-ring (bicyclic) bond motifs is 1. The molecule has 0 radical (unpaired) electrons. The van der Waals surface area contributed by atoms with E-state index < -0.39 is 0 Å². The number of hydrogen-bond acceptors (Lipinski definition) is 5. The van der Waals surface area contributed by atoms with Crippen LogP contribution in [0.1, 0.15) is 5.56 Å². The Bertz CT molecular complexity index is 1180. The third-order valence-corrected chi connectivity index (χ3v) is 5.63. The van der Waals surface area contributed by atoms with Gasteiger partial charge in [0.15, 0.2) is 5.82 Å². The van der Waals surface area contributed by atoms with Crippen molar-refractivity contribution in [3.8, 4) is 17.1 Å². The van der Waals surface area contributed by atoms with Gasteiger partial charge < -0.3 is 10.1 Å². The zero-order valence-corrected chi connectivity index (χ0v) is 17.6. The first-order chi connectivity index (χ1) is 14.6. The third-order valence-electron chi connectivity index (χ3n) is 4.64. The summed E-state index contributed by atoms with van der Waals surface area (Å²) in [6, 6.07) is 23.2. The monoisotopic (exact) mass is 415 g/mol. The van der Waals surface area contributed by atoms with E-state index in [1.165, 1.54) is 11.8 Å². The molecule has 0 saturated carbocycles. The summed E-state index contributed by atoms with van der Waals surface area (Å²) < 4.78 is 5.15. The fourth-order valence-electron chi connectivity index (χ4n) is 3.10. The highest BCUT2D eigenvalue weighted by Crippen LogP contribution is 2.30. The van der Waals surface area contributed by atoms with Gasteiger partial charge in [-0.3, -0.25) is 4.79 Å². The molecule has 30 heavy (non-hydrogen) atoms. The molecule has 5 nitrogen and oxygen atoms in total. The van der Waals surface area contributed by atoms with Gasteiger partial charge in [0, 0.05) is 16.6 Å². The van der Waals surface area contributed by atoms with Crippen LogP contribution >= 0.6 is 11.8 Å². The van der Waals surface area contributed by atoms with Gasteiger partial charge in [-0.15, -0.1) is 0 Å². The molecular formula is C24H21N3O2S. The van der Waals surface area contributed by atoms with Crippen molar-refractivity contribution in [2.24, 2.45) is 0 Å². The number of aromatic nitrogens is 2. The summed E-state index contributed by atoms with van der Waals surface area (Å²) in [6.07, 6.45) is 0. The second kappa shape index (κ2) is 8.97. The number of nitrogens with zero attached hydrogens (tertiary/aromatic N) is 2. The molecule has 3 aromatic carbocycles. The predicted molar refractivity (Wildman–Crippen MR) is 122 cm³/mol. The van der Waals surface area contributed by atoms with Crippen LogP contribution in [0.25, 0.3) is 22.3 Å². The van der Waals surface area contributed by atoms with E-state index in [2.05, 4.69) is 5.32 Å². The number of ether oxygens (including phenoxy) is 1. The van der Waals surface area contributed by atoms with Crippen molar-refractivity contribution in [2.75, 3.05) is 18.2 Å². The van der Waals surface area contributed by atoms with Crippen LogP contribution < -0.4 is 10.1 Å². The second-order valence-corrected chi connectivity index (χ2v) is 7.72. The summed E-state index contributed by atoms with van der Waals surface area (Å²) in [5.74, 6) is 1.57. The highest BCUT2D eigenvalue weighted by atomic mass is 32.2. The zero-order valence-electron chi connectivity index (χ0n) is 16.8. The van der Waals surface area contributed by atoms with E-state index in [4.69, 9.17) is 14.7 Å². The summed E-state index contributed by atoms with van der Waals surface area (Å²) in [7, 11) is 1.61. The molecule has 150 valence electrons. The van der Waals surface area contributed by atoms with E-state index in [0.29, 0.717) is 5.82 Å². The standard InChI is InChI=1S/C24H21N3O2S/c1-16-7-6-10-20-22(16)26-23(17-8-4-3-5-9-17)27-24(20)30-15-21(28)25-18-11-13-19(29-2)14-12-18/h3-14H,15H2,1-2H3,(H,25,28). The van der Waals surface area contributed by atoms with E-state index in [1.807, 2.05) is 79.7 Å². The second-order valence-electron chi connectivity index (χ2n) is 6.75. The van der Waals surface area contributed by atoms with Gasteiger partial charge in [0.2, 0.25) is 5.91 Å². The van der Waals surface area contributed by atoms with Gasteiger partial charge in [0.05, 0.1) is 18.4 Å². The average molecular weight is 416 g/mol. The molecule has 0 spiro atoms. The molecular weight excluding hydrogens is 394 g/mol.